The van der Waals surface area contributed by atoms with Gasteiger partial charge in [-0.3, -0.25) is 0 Å². The van der Waals surface area contributed by atoms with Gasteiger partial charge in [0.15, 0.2) is 0 Å². The third-order valence-corrected chi connectivity index (χ3v) is 6.42. The lowest BCUT2D eigenvalue weighted by molar-refractivity contribution is 0.107. The molecule has 1 N–H and O–H groups in total. The van der Waals surface area contributed by atoms with E-state index in [-0.39, 0.29) is 17.2 Å². The topological polar surface area (TPSA) is 80.0 Å². The van der Waals surface area contributed by atoms with E-state index >= 15 is 0 Å². The van der Waals surface area contributed by atoms with Gasteiger partial charge in [-0.15, -0.1) is 10.2 Å². The summed E-state index contributed by atoms with van der Waals surface area (Å²) in [6.45, 7) is 4.38. The van der Waals surface area contributed by atoms with Gasteiger partial charge in [-0.2, -0.15) is 0 Å². The highest BCUT2D eigenvalue weighted by atomic mass is 19.1. The van der Waals surface area contributed by atoms with E-state index in [1.54, 1.807) is 46.5 Å². The molecule has 4 rings (SSSR count). The third-order valence-electron chi connectivity index (χ3n) is 6.42. The Kier molecular flexibility index (Phi) is 5.40. The van der Waals surface area contributed by atoms with Crippen molar-refractivity contribution >= 4 is 5.95 Å². The highest BCUT2D eigenvalue weighted by Crippen LogP contribution is 2.41. The zero-order valence-corrected chi connectivity index (χ0v) is 17.5. The molecule has 30 heavy (non-hydrogen) atoms. The van der Waals surface area contributed by atoms with Gasteiger partial charge in [0.05, 0.1) is 24.3 Å². The van der Waals surface area contributed by atoms with Crippen molar-refractivity contribution in [2.75, 3.05) is 11.9 Å². The van der Waals surface area contributed by atoms with Crippen molar-refractivity contribution in [2.24, 2.45) is 5.41 Å². The van der Waals surface area contributed by atoms with Gasteiger partial charge in [0.2, 0.25) is 5.95 Å². The van der Waals surface area contributed by atoms with Gasteiger partial charge < -0.3 is 14.6 Å². The highest BCUT2D eigenvalue weighted by molar-refractivity contribution is 5.68. The fraction of sp³-hybridized carbons (Fsp3) is 0.455. The number of rotatable bonds is 5. The van der Waals surface area contributed by atoms with Crippen LogP contribution in [0, 0.1) is 5.41 Å². The molecule has 0 unspecified atom stereocenters. The molecule has 8 heteroatoms. The number of nitrogens with zero attached hydrogens (tertiary/aromatic N) is 6. The van der Waals surface area contributed by atoms with Gasteiger partial charge in [0.1, 0.15) is 17.6 Å². The van der Waals surface area contributed by atoms with Gasteiger partial charge in [0.25, 0.3) is 0 Å². The number of imidazole rings is 1. The molecule has 2 aromatic heterocycles. The van der Waals surface area contributed by atoms with Crippen LogP contribution in [0.5, 0.6) is 5.75 Å². The Balaban J connectivity index is 1.54. The lowest BCUT2D eigenvalue weighted by atomic mass is 9.71. The van der Waals surface area contributed by atoms with E-state index in [4.69, 9.17) is 0 Å². The van der Waals surface area contributed by atoms with Crippen molar-refractivity contribution in [2.45, 2.75) is 51.7 Å². The Hall–Kier alpha value is -3.03. The molecule has 0 saturated heterocycles. The predicted molar refractivity (Wildman–Crippen MR) is 113 cm³/mol. The van der Waals surface area contributed by atoms with Crippen molar-refractivity contribution in [3.8, 4) is 22.7 Å². The van der Waals surface area contributed by atoms with Crippen molar-refractivity contribution in [1.29, 1.82) is 0 Å². The fourth-order valence-electron chi connectivity index (χ4n) is 4.13. The lowest BCUT2D eigenvalue weighted by Gasteiger charge is -2.43. The fourth-order valence-corrected chi connectivity index (χ4v) is 4.13. The van der Waals surface area contributed by atoms with E-state index in [2.05, 4.69) is 34.0 Å². The molecular formula is C22H27FN6O. The quantitative estimate of drug-likeness (QED) is 0.680. The third kappa shape index (κ3) is 3.86. The van der Waals surface area contributed by atoms with Crippen LogP contribution in [0.25, 0.3) is 16.9 Å². The van der Waals surface area contributed by atoms with E-state index in [1.807, 2.05) is 13.1 Å². The van der Waals surface area contributed by atoms with Gasteiger partial charge in [-0.05, 0) is 36.8 Å². The average molecular weight is 410 g/mol. The summed E-state index contributed by atoms with van der Waals surface area (Å²) in [6, 6.07) is 5.00. The van der Waals surface area contributed by atoms with Crippen LogP contribution in [0.15, 0.2) is 43.1 Å². The van der Waals surface area contributed by atoms with Gasteiger partial charge in [0, 0.05) is 31.1 Å². The number of hydrogen-bond acceptors (Lipinski definition) is 6. The number of halogens is 1. The summed E-state index contributed by atoms with van der Waals surface area (Å²) in [7, 11) is 1.83. The number of phenols is 1. The molecule has 158 valence electrons. The first-order valence-electron chi connectivity index (χ1n) is 10.3. The normalized spacial score (nSPS) is 24.0. The predicted octanol–water partition coefficient (Wildman–Crippen LogP) is 4.17. The molecular weight excluding hydrogens is 383 g/mol. The maximum Gasteiger partial charge on any atom is 0.245 e. The lowest BCUT2D eigenvalue weighted by Crippen LogP contribution is -2.47. The standard InChI is InChI=1S/C22H27FN6O/c1-4-22(2)8-7-17(23)19(12-22)28(3)21-25-13-18(26-27-21)16-6-5-15(11-20(16)30)29-10-9-24-14-29/h5-6,9-11,13-14,17,19,30H,4,7-8,12H2,1-3H3/t17-,19+,22+/m1/s1. The molecule has 0 amide bonds. The van der Waals surface area contributed by atoms with Crippen LogP contribution in [0.2, 0.25) is 0 Å². The Bertz CT molecular complexity index is 993. The molecule has 2 heterocycles. The number of hydrogen-bond donors (Lipinski definition) is 1. The molecule has 1 aliphatic rings. The van der Waals surface area contributed by atoms with E-state index < -0.39 is 6.17 Å². The number of phenolic OH excluding ortho intramolecular Hbond substituents is 1. The largest absolute Gasteiger partial charge is 0.507 e. The number of benzene rings is 1. The van der Waals surface area contributed by atoms with Crippen molar-refractivity contribution in [3.05, 3.63) is 43.1 Å². The number of anilines is 1. The smallest absolute Gasteiger partial charge is 0.245 e. The van der Waals surface area contributed by atoms with E-state index in [1.165, 1.54) is 0 Å². The van der Waals surface area contributed by atoms with Crippen molar-refractivity contribution < 1.29 is 9.50 Å². The first kappa shape index (κ1) is 20.3. The summed E-state index contributed by atoms with van der Waals surface area (Å²) in [5, 5.41) is 18.9. The number of aromatic hydroxyl groups is 1. The monoisotopic (exact) mass is 410 g/mol. The molecule has 0 aliphatic heterocycles. The minimum Gasteiger partial charge on any atom is -0.507 e. The SMILES string of the molecule is CC[C@@]1(C)CC[C@@H](F)[C@@H](N(C)c2ncc(-c3ccc(-n4ccnc4)cc3O)nn2)C1. The second-order valence-electron chi connectivity index (χ2n) is 8.42. The summed E-state index contributed by atoms with van der Waals surface area (Å²) in [5.74, 6) is 0.467. The van der Waals surface area contributed by atoms with E-state index in [0.29, 0.717) is 23.6 Å². The minimum absolute atomic E-state index is 0.0771. The van der Waals surface area contributed by atoms with Gasteiger partial charge in [-0.1, -0.05) is 20.3 Å². The molecule has 7 nitrogen and oxygen atoms in total. The zero-order valence-electron chi connectivity index (χ0n) is 17.5. The second kappa shape index (κ2) is 8.01. The zero-order chi connectivity index (χ0) is 21.3. The Morgan fingerprint density at radius 2 is 2.17 bits per heavy atom. The molecule has 0 radical (unpaired) electrons. The molecule has 3 aromatic rings. The van der Waals surface area contributed by atoms with Crippen LogP contribution in [-0.2, 0) is 0 Å². The first-order chi connectivity index (χ1) is 14.4. The van der Waals surface area contributed by atoms with Crippen LogP contribution < -0.4 is 4.90 Å². The maximum absolute atomic E-state index is 14.7. The number of alkyl halides is 1. The summed E-state index contributed by atoms with van der Waals surface area (Å²) in [4.78, 5) is 10.2. The molecule has 3 atom stereocenters. The maximum atomic E-state index is 14.7. The molecule has 0 spiro atoms. The van der Waals surface area contributed by atoms with Crippen LogP contribution >= 0.6 is 0 Å². The number of aromatic nitrogens is 5. The average Bonchev–Trinajstić information content (AvgIpc) is 3.30. The Morgan fingerprint density at radius 1 is 1.33 bits per heavy atom. The highest BCUT2D eigenvalue weighted by Gasteiger charge is 2.39. The summed E-state index contributed by atoms with van der Waals surface area (Å²) >= 11 is 0. The molecule has 1 saturated carbocycles. The van der Waals surface area contributed by atoms with Crippen LogP contribution in [0.3, 0.4) is 0 Å². The summed E-state index contributed by atoms with van der Waals surface area (Å²) in [6.07, 6.45) is 9.05. The van der Waals surface area contributed by atoms with Gasteiger partial charge in [-0.25, -0.2) is 14.4 Å². The summed E-state index contributed by atoms with van der Waals surface area (Å²) in [5.41, 5.74) is 1.92. The van der Waals surface area contributed by atoms with Crippen molar-refractivity contribution in [3.63, 3.8) is 0 Å². The first-order valence-corrected chi connectivity index (χ1v) is 10.3. The van der Waals surface area contributed by atoms with Crippen LogP contribution in [0.4, 0.5) is 10.3 Å². The van der Waals surface area contributed by atoms with Crippen LogP contribution in [-0.4, -0.2) is 49.1 Å². The Morgan fingerprint density at radius 3 is 2.80 bits per heavy atom. The minimum atomic E-state index is -0.905. The molecule has 0 bridgehead atoms. The van der Waals surface area contributed by atoms with Crippen LogP contribution in [0.1, 0.15) is 39.5 Å². The van der Waals surface area contributed by atoms with Crippen molar-refractivity contribution in [1.82, 2.24) is 24.7 Å². The van der Waals surface area contributed by atoms with E-state index in [9.17, 15) is 9.50 Å². The Labute approximate surface area is 175 Å². The molecule has 1 aromatic carbocycles. The second-order valence-corrected chi connectivity index (χ2v) is 8.42. The van der Waals surface area contributed by atoms with E-state index in [0.717, 1.165) is 24.9 Å². The van der Waals surface area contributed by atoms with Gasteiger partial charge >= 0.3 is 0 Å². The summed E-state index contributed by atoms with van der Waals surface area (Å²) < 4.78 is 16.5. The molecule has 1 fully saturated rings. The molecule has 1 aliphatic carbocycles.